The molecule has 2 amide bonds. The SMILES string of the molecule is Cc1nccc(NC(=O)NC2CC(C(=O)O)C2)c1Br. The fourth-order valence-corrected chi connectivity index (χ4v) is 2.26. The molecule has 0 aromatic carbocycles. The lowest BCUT2D eigenvalue weighted by Crippen LogP contribution is -2.48. The van der Waals surface area contributed by atoms with Gasteiger partial charge in [0.1, 0.15) is 0 Å². The number of anilines is 1. The van der Waals surface area contributed by atoms with Gasteiger partial charge in [0, 0.05) is 12.2 Å². The summed E-state index contributed by atoms with van der Waals surface area (Å²) >= 11 is 3.35. The molecule has 0 radical (unpaired) electrons. The summed E-state index contributed by atoms with van der Waals surface area (Å²) in [4.78, 5) is 26.5. The number of carboxylic acids is 1. The number of aryl methyl sites for hydroxylation is 1. The van der Waals surface area contributed by atoms with Gasteiger partial charge in [-0.25, -0.2) is 4.79 Å². The molecule has 1 aliphatic rings. The molecule has 1 aromatic heterocycles. The molecular weight excluding hydrogens is 314 g/mol. The fourth-order valence-electron chi connectivity index (χ4n) is 1.93. The van der Waals surface area contributed by atoms with Crippen molar-refractivity contribution >= 4 is 33.6 Å². The Balaban J connectivity index is 1.86. The van der Waals surface area contributed by atoms with E-state index < -0.39 is 5.97 Å². The van der Waals surface area contributed by atoms with Gasteiger partial charge in [0.15, 0.2) is 0 Å². The maximum atomic E-state index is 11.7. The number of carbonyl (C=O) groups is 2. The van der Waals surface area contributed by atoms with Gasteiger partial charge in [0.2, 0.25) is 0 Å². The number of aromatic nitrogens is 1. The Morgan fingerprint density at radius 2 is 2.16 bits per heavy atom. The number of aliphatic carboxylic acids is 1. The van der Waals surface area contributed by atoms with Crippen LogP contribution >= 0.6 is 15.9 Å². The molecule has 0 unspecified atom stereocenters. The number of halogens is 1. The summed E-state index contributed by atoms with van der Waals surface area (Å²) in [6.07, 6.45) is 2.58. The van der Waals surface area contributed by atoms with E-state index in [-0.39, 0.29) is 18.0 Å². The van der Waals surface area contributed by atoms with Crippen LogP contribution in [-0.4, -0.2) is 28.1 Å². The number of rotatable bonds is 3. The second kappa shape index (κ2) is 5.56. The number of hydrogen-bond acceptors (Lipinski definition) is 3. The van der Waals surface area contributed by atoms with E-state index in [1.807, 2.05) is 6.92 Å². The highest BCUT2D eigenvalue weighted by molar-refractivity contribution is 9.10. The van der Waals surface area contributed by atoms with E-state index in [0.717, 1.165) is 10.2 Å². The molecule has 6 nitrogen and oxygen atoms in total. The van der Waals surface area contributed by atoms with Gasteiger partial charge in [0.25, 0.3) is 0 Å². The monoisotopic (exact) mass is 327 g/mol. The molecule has 1 saturated carbocycles. The van der Waals surface area contributed by atoms with Gasteiger partial charge in [-0.15, -0.1) is 0 Å². The standard InChI is InChI=1S/C12H14BrN3O3/c1-6-10(13)9(2-3-14-6)16-12(19)15-8-4-7(5-8)11(17)18/h2-3,7-8H,4-5H2,1H3,(H,17,18)(H2,14,15,16,19). The maximum absolute atomic E-state index is 11.7. The third-order valence-electron chi connectivity index (χ3n) is 3.13. The van der Waals surface area contributed by atoms with Crippen molar-refractivity contribution in [3.8, 4) is 0 Å². The Morgan fingerprint density at radius 1 is 1.47 bits per heavy atom. The van der Waals surface area contributed by atoms with Gasteiger partial charge in [-0.1, -0.05) is 0 Å². The lowest BCUT2D eigenvalue weighted by Gasteiger charge is -2.32. The number of nitrogens with one attached hydrogen (secondary N) is 2. The molecule has 7 heteroatoms. The van der Waals surface area contributed by atoms with E-state index in [2.05, 4.69) is 31.5 Å². The molecule has 0 aliphatic heterocycles. The Bertz CT molecular complexity index is 515. The number of hydrogen-bond donors (Lipinski definition) is 3. The Kier molecular flexibility index (Phi) is 4.04. The number of pyridine rings is 1. The van der Waals surface area contributed by atoms with Crippen LogP contribution in [0.25, 0.3) is 0 Å². The molecule has 19 heavy (non-hydrogen) atoms. The summed E-state index contributed by atoms with van der Waals surface area (Å²) in [5.41, 5.74) is 1.42. The Morgan fingerprint density at radius 3 is 2.79 bits per heavy atom. The number of amides is 2. The zero-order valence-electron chi connectivity index (χ0n) is 10.3. The topological polar surface area (TPSA) is 91.3 Å². The number of carbonyl (C=O) groups excluding carboxylic acids is 1. The van der Waals surface area contributed by atoms with Crippen molar-refractivity contribution in [1.82, 2.24) is 10.3 Å². The van der Waals surface area contributed by atoms with Crippen LogP contribution in [0.5, 0.6) is 0 Å². The smallest absolute Gasteiger partial charge is 0.319 e. The van der Waals surface area contributed by atoms with Gasteiger partial charge >= 0.3 is 12.0 Å². The summed E-state index contributed by atoms with van der Waals surface area (Å²) in [6.45, 7) is 1.83. The predicted molar refractivity (Wildman–Crippen MR) is 73.0 cm³/mol. The minimum absolute atomic E-state index is 0.0668. The average Bonchev–Trinajstić information content (AvgIpc) is 2.28. The minimum Gasteiger partial charge on any atom is -0.481 e. The third kappa shape index (κ3) is 3.23. The van der Waals surface area contributed by atoms with Crippen molar-refractivity contribution in [1.29, 1.82) is 0 Å². The molecule has 2 rings (SSSR count). The lowest BCUT2D eigenvalue weighted by molar-refractivity contribution is -0.145. The van der Waals surface area contributed by atoms with E-state index in [1.165, 1.54) is 0 Å². The zero-order chi connectivity index (χ0) is 14.0. The first-order chi connectivity index (χ1) is 8.97. The van der Waals surface area contributed by atoms with Gasteiger partial charge in [-0.05, 0) is 41.8 Å². The molecule has 1 aliphatic carbocycles. The van der Waals surface area contributed by atoms with Crippen molar-refractivity contribution in [3.63, 3.8) is 0 Å². The van der Waals surface area contributed by atoms with E-state index in [9.17, 15) is 9.59 Å². The van der Waals surface area contributed by atoms with Gasteiger partial charge in [-0.3, -0.25) is 9.78 Å². The second-order valence-corrected chi connectivity index (χ2v) is 5.35. The van der Waals surface area contributed by atoms with Crippen LogP contribution in [0.3, 0.4) is 0 Å². The second-order valence-electron chi connectivity index (χ2n) is 4.56. The zero-order valence-corrected chi connectivity index (χ0v) is 11.9. The highest BCUT2D eigenvalue weighted by atomic mass is 79.9. The largest absolute Gasteiger partial charge is 0.481 e. The Labute approximate surface area is 118 Å². The molecule has 0 bridgehead atoms. The quantitative estimate of drug-likeness (QED) is 0.793. The highest BCUT2D eigenvalue weighted by Crippen LogP contribution is 2.28. The first-order valence-corrected chi connectivity index (χ1v) is 6.68. The van der Waals surface area contributed by atoms with E-state index in [0.29, 0.717) is 18.5 Å². The van der Waals surface area contributed by atoms with E-state index >= 15 is 0 Å². The first kappa shape index (κ1) is 13.8. The van der Waals surface area contributed by atoms with Gasteiger partial charge in [-0.2, -0.15) is 0 Å². The molecule has 1 heterocycles. The maximum Gasteiger partial charge on any atom is 0.319 e. The van der Waals surface area contributed by atoms with E-state index in [4.69, 9.17) is 5.11 Å². The van der Waals surface area contributed by atoms with Crippen molar-refractivity contribution < 1.29 is 14.7 Å². The molecule has 1 aromatic rings. The van der Waals surface area contributed by atoms with E-state index in [1.54, 1.807) is 12.3 Å². The molecule has 0 saturated heterocycles. The van der Waals surface area contributed by atoms with Crippen LogP contribution in [0.1, 0.15) is 18.5 Å². The number of urea groups is 1. The fraction of sp³-hybridized carbons (Fsp3) is 0.417. The summed E-state index contributed by atoms with van der Waals surface area (Å²) in [6, 6.07) is 1.29. The predicted octanol–water partition coefficient (Wildman–Crippen LogP) is 2.14. The average molecular weight is 328 g/mol. The van der Waals surface area contributed by atoms with Crippen LogP contribution < -0.4 is 10.6 Å². The van der Waals surface area contributed by atoms with Crippen molar-refractivity contribution in [2.24, 2.45) is 5.92 Å². The van der Waals surface area contributed by atoms with Crippen LogP contribution in [0.15, 0.2) is 16.7 Å². The first-order valence-electron chi connectivity index (χ1n) is 5.88. The van der Waals surface area contributed by atoms with Crippen LogP contribution in [0.2, 0.25) is 0 Å². The summed E-state index contributed by atoms with van der Waals surface area (Å²) in [5, 5.41) is 14.2. The van der Waals surface area contributed by atoms with Crippen LogP contribution in [0.4, 0.5) is 10.5 Å². The molecular formula is C12H14BrN3O3. The number of nitrogens with zero attached hydrogens (tertiary/aromatic N) is 1. The van der Waals surface area contributed by atoms with Crippen molar-refractivity contribution in [2.45, 2.75) is 25.8 Å². The van der Waals surface area contributed by atoms with Crippen molar-refractivity contribution in [2.75, 3.05) is 5.32 Å². The molecule has 1 fully saturated rings. The molecule has 0 spiro atoms. The van der Waals surface area contributed by atoms with Crippen LogP contribution in [-0.2, 0) is 4.79 Å². The highest BCUT2D eigenvalue weighted by Gasteiger charge is 2.35. The van der Waals surface area contributed by atoms with Gasteiger partial charge in [0.05, 0.1) is 21.8 Å². The van der Waals surface area contributed by atoms with Crippen LogP contribution in [0, 0.1) is 12.8 Å². The third-order valence-corrected chi connectivity index (χ3v) is 4.14. The van der Waals surface area contributed by atoms with Gasteiger partial charge < -0.3 is 15.7 Å². The minimum atomic E-state index is -0.800. The molecule has 0 atom stereocenters. The lowest BCUT2D eigenvalue weighted by atomic mass is 9.80. The summed E-state index contributed by atoms with van der Waals surface area (Å²) in [5.74, 6) is -1.13. The number of carboxylic acid groups (broad SMARTS) is 1. The molecule has 102 valence electrons. The molecule has 3 N–H and O–H groups in total. The Hall–Kier alpha value is -1.63. The summed E-state index contributed by atoms with van der Waals surface area (Å²) in [7, 11) is 0. The van der Waals surface area contributed by atoms with Crippen molar-refractivity contribution in [3.05, 3.63) is 22.4 Å². The normalized spacial score (nSPS) is 21.4. The summed E-state index contributed by atoms with van der Waals surface area (Å²) < 4.78 is 0.738.